The van der Waals surface area contributed by atoms with E-state index in [1.54, 1.807) is 12.1 Å². The molecule has 1 aliphatic rings. The molecule has 228 valence electrons. The van der Waals surface area contributed by atoms with Crippen LogP contribution >= 0.6 is 0 Å². The van der Waals surface area contributed by atoms with Gasteiger partial charge in [-0.25, -0.2) is 4.79 Å². The lowest BCUT2D eigenvalue weighted by molar-refractivity contribution is -0.140. The third-order valence-corrected chi connectivity index (χ3v) is 7.42. The molecule has 2 N–H and O–H groups in total. The van der Waals surface area contributed by atoms with Gasteiger partial charge < -0.3 is 34.3 Å². The molecule has 0 radical (unpaired) electrons. The van der Waals surface area contributed by atoms with E-state index in [1.165, 1.54) is 26.2 Å². The number of methoxy groups -OCH3 is 3. The van der Waals surface area contributed by atoms with Gasteiger partial charge in [0, 0.05) is 31.0 Å². The number of benzene rings is 3. The lowest BCUT2D eigenvalue weighted by atomic mass is 9.98. The summed E-state index contributed by atoms with van der Waals surface area (Å²) in [6, 6.07) is 19.6. The Morgan fingerprint density at radius 2 is 1.44 bits per heavy atom. The average molecular weight is 591 g/mol. The minimum Gasteiger partial charge on any atom is -0.496 e. The Hall–Kier alpha value is -4.73. The quantitative estimate of drug-likeness (QED) is 0.192. The lowest BCUT2D eigenvalue weighted by Gasteiger charge is -2.25. The summed E-state index contributed by atoms with van der Waals surface area (Å²) in [6.45, 7) is 0.634. The van der Waals surface area contributed by atoms with Gasteiger partial charge in [-0.05, 0) is 35.1 Å². The maximum atomic E-state index is 13.6. The normalized spacial score (nSPS) is 11.7. The van der Waals surface area contributed by atoms with Crippen LogP contribution in [0.5, 0.6) is 17.2 Å². The summed E-state index contributed by atoms with van der Waals surface area (Å²) in [6.07, 6.45) is 0.976. The summed E-state index contributed by atoms with van der Waals surface area (Å²) >= 11 is 0. The molecule has 0 heterocycles. The Kier molecular flexibility index (Phi) is 10.9. The molecule has 10 heteroatoms. The van der Waals surface area contributed by atoms with Gasteiger partial charge in [0.2, 0.25) is 5.91 Å². The second-order valence-electron chi connectivity index (χ2n) is 10.1. The van der Waals surface area contributed by atoms with Crippen molar-refractivity contribution in [2.45, 2.75) is 38.1 Å². The molecule has 0 aliphatic heterocycles. The van der Waals surface area contributed by atoms with Crippen LogP contribution in [0.15, 0.2) is 60.7 Å². The molecular weight excluding hydrogens is 552 g/mol. The van der Waals surface area contributed by atoms with Crippen molar-refractivity contribution in [1.29, 1.82) is 0 Å². The highest BCUT2D eigenvalue weighted by Crippen LogP contribution is 2.44. The molecule has 0 saturated carbocycles. The number of primary amides is 1. The number of carbonyl (C=O) groups is 3. The van der Waals surface area contributed by atoms with Crippen molar-refractivity contribution >= 4 is 18.0 Å². The molecule has 4 rings (SSSR count). The first kappa shape index (κ1) is 31.2. The summed E-state index contributed by atoms with van der Waals surface area (Å²) in [4.78, 5) is 38.0. The fourth-order valence-corrected chi connectivity index (χ4v) is 5.23. The van der Waals surface area contributed by atoms with Gasteiger partial charge in [0.15, 0.2) is 0 Å². The van der Waals surface area contributed by atoms with Crippen molar-refractivity contribution in [1.82, 2.24) is 4.90 Å². The minimum atomic E-state index is -0.579. The van der Waals surface area contributed by atoms with Gasteiger partial charge in [-0.1, -0.05) is 48.5 Å². The Morgan fingerprint density at radius 3 is 2.00 bits per heavy atom. The molecule has 0 unspecified atom stereocenters. The molecule has 0 saturated heterocycles. The first-order valence-electron chi connectivity index (χ1n) is 14.2. The van der Waals surface area contributed by atoms with E-state index in [1.807, 2.05) is 24.3 Å². The molecule has 0 aromatic heterocycles. The third kappa shape index (κ3) is 7.77. The monoisotopic (exact) mass is 590 g/mol. The van der Waals surface area contributed by atoms with Crippen molar-refractivity contribution in [2.24, 2.45) is 5.73 Å². The molecule has 10 nitrogen and oxygen atoms in total. The molecule has 0 spiro atoms. The molecule has 0 bridgehead atoms. The molecule has 0 fully saturated rings. The predicted octanol–water partition coefficient (Wildman–Crippen LogP) is 5.05. The Bertz CT molecular complexity index is 1370. The second-order valence-corrected chi connectivity index (χ2v) is 10.1. The van der Waals surface area contributed by atoms with Gasteiger partial charge in [-0.15, -0.1) is 0 Å². The minimum absolute atomic E-state index is 0.0160. The van der Waals surface area contributed by atoms with Gasteiger partial charge in [0.05, 0.1) is 46.5 Å². The highest BCUT2D eigenvalue weighted by molar-refractivity contribution is 5.79. The van der Waals surface area contributed by atoms with Crippen molar-refractivity contribution < 1.29 is 38.1 Å². The number of nitrogens with two attached hydrogens (primary N) is 1. The van der Waals surface area contributed by atoms with Gasteiger partial charge in [-0.3, -0.25) is 9.59 Å². The molecule has 0 atom stereocenters. The van der Waals surface area contributed by atoms with Crippen LogP contribution in [0.25, 0.3) is 11.1 Å². The predicted molar refractivity (Wildman–Crippen MR) is 160 cm³/mol. The fourth-order valence-electron chi connectivity index (χ4n) is 5.23. The lowest BCUT2D eigenvalue weighted by Crippen LogP contribution is -2.34. The number of hydrogen-bond donors (Lipinski definition) is 1. The highest BCUT2D eigenvalue weighted by atomic mass is 16.6. The van der Waals surface area contributed by atoms with Crippen LogP contribution in [0.1, 0.15) is 48.3 Å². The van der Waals surface area contributed by atoms with E-state index in [2.05, 4.69) is 24.3 Å². The smallest absolute Gasteiger partial charge is 0.410 e. The van der Waals surface area contributed by atoms with E-state index in [4.69, 9.17) is 29.4 Å². The van der Waals surface area contributed by atoms with Crippen molar-refractivity contribution in [3.05, 3.63) is 77.4 Å². The Labute approximate surface area is 251 Å². The Balaban J connectivity index is 1.51. The standard InChI is InChI=1S/C33H38N2O8/c1-39-29-18-22(42-17-9-8-14-31(34)36)19-30(40-2)27(29)20-35(16-15-32(37)41-3)33(38)43-21-28-25-12-6-4-10-23(25)24-11-5-7-13-26(24)28/h4-7,10-13,18-19,28H,8-9,14-17,20-21H2,1-3H3,(H2,34,36). The van der Waals surface area contributed by atoms with E-state index in [0.717, 1.165) is 22.3 Å². The number of fused-ring (bicyclic) bond motifs is 3. The summed E-state index contributed by atoms with van der Waals surface area (Å²) < 4.78 is 27.8. The number of ether oxygens (including phenoxy) is 5. The van der Waals surface area contributed by atoms with Crippen molar-refractivity contribution in [2.75, 3.05) is 41.1 Å². The van der Waals surface area contributed by atoms with E-state index in [9.17, 15) is 14.4 Å². The van der Waals surface area contributed by atoms with E-state index >= 15 is 0 Å². The molecule has 43 heavy (non-hydrogen) atoms. The van der Waals surface area contributed by atoms with Crippen LogP contribution < -0.4 is 19.9 Å². The van der Waals surface area contributed by atoms with Crippen LogP contribution in [-0.2, 0) is 25.6 Å². The third-order valence-electron chi connectivity index (χ3n) is 7.42. The van der Waals surface area contributed by atoms with Gasteiger partial charge in [0.25, 0.3) is 0 Å². The van der Waals surface area contributed by atoms with Crippen LogP contribution in [0.4, 0.5) is 4.79 Å². The number of nitrogens with zero attached hydrogens (tertiary/aromatic N) is 1. The topological polar surface area (TPSA) is 127 Å². The number of esters is 1. The number of carbonyl (C=O) groups excluding carboxylic acids is 3. The van der Waals surface area contributed by atoms with E-state index < -0.39 is 12.1 Å². The Morgan fingerprint density at radius 1 is 0.837 bits per heavy atom. The summed E-state index contributed by atoms with van der Waals surface area (Å²) in [7, 11) is 4.33. The zero-order valence-corrected chi connectivity index (χ0v) is 24.8. The van der Waals surface area contributed by atoms with E-state index in [0.29, 0.717) is 48.7 Å². The van der Waals surface area contributed by atoms with Crippen molar-refractivity contribution in [3.63, 3.8) is 0 Å². The second kappa shape index (κ2) is 14.9. The first-order chi connectivity index (χ1) is 20.9. The largest absolute Gasteiger partial charge is 0.496 e. The summed E-state index contributed by atoms with van der Waals surface area (Å²) in [5.74, 6) is 0.499. The molecular formula is C33H38N2O8. The number of unbranched alkanes of at least 4 members (excludes halogenated alkanes) is 1. The number of rotatable bonds is 15. The van der Waals surface area contributed by atoms with E-state index in [-0.39, 0.29) is 37.9 Å². The number of amides is 2. The highest BCUT2D eigenvalue weighted by Gasteiger charge is 2.30. The SMILES string of the molecule is COC(=O)CCN(Cc1c(OC)cc(OCCCCC(N)=O)cc1OC)C(=O)OCC1c2ccccc2-c2ccccc21. The summed E-state index contributed by atoms with van der Waals surface area (Å²) in [5.41, 5.74) is 10.3. The van der Waals surface area contributed by atoms with Crippen LogP contribution in [0.3, 0.4) is 0 Å². The maximum absolute atomic E-state index is 13.6. The van der Waals surface area contributed by atoms with Gasteiger partial charge in [-0.2, -0.15) is 0 Å². The van der Waals surface area contributed by atoms with Crippen LogP contribution in [0, 0.1) is 0 Å². The average Bonchev–Trinajstić information content (AvgIpc) is 3.34. The summed E-state index contributed by atoms with van der Waals surface area (Å²) in [5, 5.41) is 0. The van der Waals surface area contributed by atoms with Gasteiger partial charge >= 0.3 is 12.1 Å². The van der Waals surface area contributed by atoms with Crippen molar-refractivity contribution in [3.8, 4) is 28.4 Å². The molecule has 3 aromatic rings. The molecule has 1 aliphatic carbocycles. The molecule has 3 aromatic carbocycles. The zero-order valence-electron chi connectivity index (χ0n) is 24.8. The van der Waals surface area contributed by atoms with Gasteiger partial charge in [0.1, 0.15) is 23.9 Å². The zero-order chi connectivity index (χ0) is 30.8. The molecule has 2 amide bonds. The first-order valence-corrected chi connectivity index (χ1v) is 14.2. The fraction of sp³-hybridized carbons (Fsp3) is 0.364. The number of hydrogen-bond acceptors (Lipinski definition) is 8. The van der Waals surface area contributed by atoms with Crippen LogP contribution in [0.2, 0.25) is 0 Å². The maximum Gasteiger partial charge on any atom is 0.410 e. The van der Waals surface area contributed by atoms with Crippen LogP contribution in [-0.4, -0.2) is 64.0 Å².